The first-order valence-corrected chi connectivity index (χ1v) is 6.15. The summed E-state index contributed by atoms with van der Waals surface area (Å²) in [5.41, 5.74) is 0. The summed E-state index contributed by atoms with van der Waals surface area (Å²) in [5, 5.41) is 0. The van der Waals surface area contributed by atoms with Gasteiger partial charge in [0.15, 0.2) is 0 Å². The minimum Gasteiger partial charge on any atom is -0.212 e. The molecule has 3 nitrogen and oxygen atoms in total. The largest absolute Gasteiger partial charge is 0.214 e. The van der Waals surface area contributed by atoms with Crippen LogP contribution in [0.2, 0.25) is 0 Å². The van der Waals surface area contributed by atoms with Gasteiger partial charge >= 0.3 is 0 Å². The molecule has 0 amide bonds. The molecule has 0 spiro atoms. The summed E-state index contributed by atoms with van der Waals surface area (Å²) in [6.07, 6.45) is 0. The highest BCUT2D eigenvalue weighted by Crippen LogP contribution is 2.07. The standard InChI is InChI=1S/C7H16ClNO2S/c1-4-12(10,11)9(6-5-8)7(2)3/h7H,4-6H2,1-3H3. The second kappa shape index (κ2) is 5.04. The Morgan fingerprint density at radius 2 is 1.92 bits per heavy atom. The van der Waals surface area contributed by atoms with E-state index in [1.54, 1.807) is 6.92 Å². The van der Waals surface area contributed by atoms with Crippen molar-refractivity contribution in [2.75, 3.05) is 18.2 Å². The maximum absolute atomic E-state index is 11.4. The van der Waals surface area contributed by atoms with Gasteiger partial charge in [0.05, 0.1) is 5.75 Å². The number of alkyl halides is 1. The van der Waals surface area contributed by atoms with Gasteiger partial charge in [0.25, 0.3) is 0 Å². The maximum Gasteiger partial charge on any atom is 0.214 e. The van der Waals surface area contributed by atoms with Crippen molar-refractivity contribution >= 4 is 21.6 Å². The van der Waals surface area contributed by atoms with Gasteiger partial charge in [-0.2, -0.15) is 4.31 Å². The summed E-state index contributed by atoms with van der Waals surface area (Å²) in [7, 11) is -3.07. The highest BCUT2D eigenvalue weighted by atomic mass is 35.5. The topological polar surface area (TPSA) is 37.4 Å². The zero-order chi connectivity index (χ0) is 9.78. The van der Waals surface area contributed by atoms with Gasteiger partial charge in [-0.15, -0.1) is 11.6 Å². The molecule has 0 unspecified atom stereocenters. The second-order valence-electron chi connectivity index (χ2n) is 2.79. The summed E-state index contributed by atoms with van der Waals surface area (Å²) in [4.78, 5) is 0. The predicted octanol–water partition coefficient (Wildman–Crippen LogP) is 1.29. The quantitative estimate of drug-likeness (QED) is 0.646. The van der Waals surface area contributed by atoms with Crippen molar-refractivity contribution in [2.45, 2.75) is 26.8 Å². The Bertz CT molecular complexity index is 213. The molecule has 0 bridgehead atoms. The molecule has 0 aromatic heterocycles. The van der Waals surface area contributed by atoms with E-state index < -0.39 is 10.0 Å². The van der Waals surface area contributed by atoms with E-state index in [1.807, 2.05) is 13.8 Å². The average molecular weight is 214 g/mol. The molecule has 5 heteroatoms. The van der Waals surface area contributed by atoms with Crippen molar-refractivity contribution in [3.05, 3.63) is 0 Å². The summed E-state index contributed by atoms with van der Waals surface area (Å²) in [6, 6.07) is -0.00583. The van der Waals surface area contributed by atoms with Crippen LogP contribution in [-0.4, -0.2) is 36.9 Å². The fourth-order valence-electron chi connectivity index (χ4n) is 0.968. The van der Waals surface area contributed by atoms with E-state index in [0.717, 1.165) is 0 Å². The molecule has 0 N–H and O–H groups in total. The fourth-order valence-corrected chi connectivity index (χ4v) is 2.59. The van der Waals surface area contributed by atoms with Crippen LogP contribution in [0.4, 0.5) is 0 Å². The highest BCUT2D eigenvalue weighted by molar-refractivity contribution is 7.89. The minimum atomic E-state index is -3.07. The van der Waals surface area contributed by atoms with E-state index in [0.29, 0.717) is 12.4 Å². The van der Waals surface area contributed by atoms with Gasteiger partial charge in [0.2, 0.25) is 10.0 Å². The number of rotatable bonds is 5. The molecule has 0 atom stereocenters. The highest BCUT2D eigenvalue weighted by Gasteiger charge is 2.21. The lowest BCUT2D eigenvalue weighted by molar-refractivity contribution is 0.371. The van der Waals surface area contributed by atoms with Gasteiger partial charge < -0.3 is 0 Å². The van der Waals surface area contributed by atoms with Crippen LogP contribution in [0.5, 0.6) is 0 Å². The van der Waals surface area contributed by atoms with Crippen molar-refractivity contribution in [3.63, 3.8) is 0 Å². The number of sulfonamides is 1. The Hall–Kier alpha value is 0.200. The van der Waals surface area contributed by atoms with E-state index in [9.17, 15) is 8.42 Å². The van der Waals surface area contributed by atoms with Crippen molar-refractivity contribution in [3.8, 4) is 0 Å². The smallest absolute Gasteiger partial charge is 0.212 e. The number of hydrogen-bond acceptors (Lipinski definition) is 2. The van der Waals surface area contributed by atoms with Crippen LogP contribution in [-0.2, 0) is 10.0 Å². The molecule has 12 heavy (non-hydrogen) atoms. The van der Waals surface area contributed by atoms with Gasteiger partial charge in [-0.05, 0) is 20.8 Å². The van der Waals surface area contributed by atoms with Gasteiger partial charge in [-0.1, -0.05) is 0 Å². The van der Waals surface area contributed by atoms with Crippen molar-refractivity contribution in [2.24, 2.45) is 0 Å². The summed E-state index contributed by atoms with van der Waals surface area (Å²) in [5.74, 6) is 0.486. The third kappa shape index (κ3) is 3.29. The van der Waals surface area contributed by atoms with Crippen LogP contribution in [0.25, 0.3) is 0 Å². The first-order valence-electron chi connectivity index (χ1n) is 4.01. The summed E-state index contributed by atoms with van der Waals surface area (Å²) in [6.45, 7) is 5.73. The molecule has 0 fully saturated rings. The molecule has 0 aromatic carbocycles. The van der Waals surface area contributed by atoms with Crippen LogP contribution < -0.4 is 0 Å². The predicted molar refractivity (Wildman–Crippen MR) is 52.0 cm³/mol. The normalized spacial score (nSPS) is 12.8. The SMILES string of the molecule is CCS(=O)(=O)N(CCCl)C(C)C. The van der Waals surface area contributed by atoms with Crippen LogP contribution >= 0.6 is 11.6 Å². The minimum absolute atomic E-state index is 0.00583. The molecular weight excluding hydrogens is 198 g/mol. The second-order valence-corrected chi connectivity index (χ2v) is 5.38. The molecule has 0 saturated carbocycles. The Morgan fingerprint density at radius 3 is 2.17 bits per heavy atom. The third-order valence-electron chi connectivity index (χ3n) is 1.60. The van der Waals surface area contributed by atoms with Gasteiger partial charge in [-0.3, -0.25) is 0 Å². The van der Waals surface area contributed by atoms with Crippen LogP contribution in [0.15, 0.2) is 0 Å². The molecule has 0 aromatic rings. The Balaban J connectivity index is 4.51. The van der Waals surface area contributed by atoms with Crippen molar-refractivity contribution < 1.29 is 8.42 Å². The first kappa shape index (κ1) is 12.2. The Labute approximate surface area is 79.8 Å². The Kier molecular flexibility index (Phi) is 5.13. The zero-order valence-electron chi connectivity index (χ0n) is 7.75. The van der Waals surface area contributed by atoms with E-state index >= 15 is 0 Å². The van der Waals surface area contributed by atoms with Crippen LogP contribution in [0, 0.1) is 0 Å². The first-order chi connectivity index (χ1) is 5.45. The van der Waals surface area contributed by atoms with E-state index in [2.05, 4.69) is 0 Å². The molecule has 0 aliphatic carbocycles. The third-order valence-corrected chi connectivity index (χ3v) is 3.82. The molecule has 74 valence electrons. The lowest BCUT2D eigenvalue weighted by atomic mass is 10.4. The van der Waals surface area contributed by atoms with Crippen molar-refractivity contribution in [1.82, 2.24) is 4.31 Å². The summed E-state index contributed by atoms with van der Waals surface area (Å²) >= 11 is 5.50. The number of halogens is 1. The maximum atomic E-state index is 11.4. The number of nitrogens with zero attached hydrogens (tertiary/aromatic N) is 1. The fraction of sp³-hybridized carbons (Fsp3) is 1.00. The average Bonchev–Trinajstić information content (AvgIpc) is 1.99. The van der Waals surface area contributed by atoms with Crippen molar-refractivity contribution in [1.29, 1.82) is 0 Å². The van der Waals surface area contributed by atoms with E-state index in [4.69, 9.17) is 11.6 Å². The molecule has 0 radical (unpaired) electrons. The number of hydrogen-bond donors (Lipinski definition) is 0. The molecule has 0 aliphatic rings. The lowest BCUT2D eigenvalue weighted by Gasteiger charge is -2.24. The molecule has 0 aliphatic heterocycles. The molecule has 0 heterocycles. The Morgan fingerprint density at radius 1 is 1.42 bits per heavy atom. The van der Waals surface area contributed by atoms with Crippen LogP contribution in [0.1, 0.15) is 20.8 Å². The van der Waals surface area contributed by atoms with E-state index in [-0.39, 0.29) is 11.8 Å². The monoisotopic (exact) mass is 213 g/mol. The van der Waals surface area contributed by atoms with E-state index in [1.165, 1.54) is 4.31 Å². The molecular formula is C7H16ClNO2S. The lowest BCUT2D eigenvalue weighted by Crippen LogP contribution is -2.39. The van der Waals surface area contributed by atoms with Crippen LogP contribution in [0.3, 0.4) is 0 Å². The molecule has 0 rings (SSSR count). The summed E-state index contributed by atoms with van der Waals surface area (Å²) < 4.78 is 24.2. The van der Waals surface area contributed by atoms with Gasteiger partial charge in [0, 0.05) is 18.5 Å². The molecule has 0 saturated heterocycles. The van der Waals surface area contributed by atoms with Gasteiger partial charge in [-0.25, -0.2) is 8.42 Å². The van der Waals surface area contributed by atoms with Gasteiger partial charge in [0.1, 0.15) is 0 Å². The zero-order valence-corrected chi connectivity index (χ0v) is 9.32.